The van der Waals surface area contributed by atoms with Gasteiger partial charge in [0.15, 0.2) is 16.4 Å². The second-order valence-electron chi connectivity index (χ2n) is 5.63. The zero-order chi connectivity index (χ0) is 17.3. The van der Waals surface area contributed by atoms with Gasteiger partial charge in [-0.3, -0.25) is 4.79 Å². The van der Waals surface area contributed by atoms with Gasteiger partial charge in [-0.1, -0.05) is 0 Å². The maximum atomic E-state index is 12.1. The first-order chi connectivity index (χ1) is 11.3. The number of rotatable bonds is 4. The summed E-state index contributed by atoms with van der Waals surface area (Å²) >= 11 is 0. The Kier molecular flexibility index (Phi) is 4.35. The van der Waals surface area contributed by atoms with E-state index < -0.39 is 21.8 Å². The molecule has 0 aromatic carbocycles. The number of aromatic nitrogens is 2. The summed E-state index contributed by atoms with van der Waals surface area (Å²) in [4.78, 5) is 24.1. The Morgan fingerprint density at radius 1 is 1.38 bits per heavy atom. The van der Waals surface area contributed by atoms with Crippen LogP contribution in [0.15, 0.2) is 9.52 Å². The average molecular weight is 356 g/mol. The topological polar surface area (TPSA) is 132 Å². The molecule has 130 valence electrons. The van der Waals surface area contributed by atoms with E-state index >= 15 is 0 Å². The van der Waals surface area contributed by atoms with Gasteiger partial charge in [-0.15, -0.1) is 10.2 Å². The number of amides is 1. The van der Waals surface area contributed by atoms with Crippen molar-refractivity contribution in [3.8, 4) is 0 Å². The van der Waals surface area contributed by atoms with Crippen LogP contribution in [0.25, 0.3) is 0 Å². The minimum Gasteiger partial charge on any atom is -0.451 e. The van der Waals surface area contributed by atoms with Crippen molar-refractivity contribution in [3.63, 3.8) is 0 Å². The smallest absolute Gasteiger partial charge is 0.355 e. The average Bonchev–Trinajstić information content (AvgIpc) is 3.10. The van der Waals surface area contributed by atoms with E-state index in [0.717, 1.165) is 5.01 Å². The van der Waals surface area contributed by atoms with Gasteiger partial charge in [-0.2, -0.15) is 5.10 Å². The number of esters is 1. The highest BCUT2D eigenvalue weighted by molar-refractivity contribution is 7.91. The lowest BCUT2D eigenvalue weighted by atomic mass is 10.1. The standard InChI is InChI=1S/C13H16N4O6S/c1-8-14-15-11(23-8)6-22-13(19)10-2-3-12(18)17(16-10)9-4-5-24(20,21)7-9/h9H,2-7H2,1H3. The van der Waals surface area contributed by atoms with Crippen molar-refractivity contribution in [2.45, 2.75) is 38.8 Å². The van der Waals surface area contributed by atoms with Gasteiger partial charge in [-0.05, 0) is 6.42 Å². The highest BCUT2D eigenvalue weighted by Gasteiger charge is 2.37. The van der Waals surface area contributed by atoms with E-state index in [0.29, 0.717) is 12.3 Å². The number of carbonyl (C=O) groups excluding carboxylic acids is 2. The summed E-state index contributed by atoms with van der Waals surface area (Å²) in [7, 11) is -3.16. The lowest BCUT2D eigenvalue weighted by molar-refractivity contribution is -0.138. The molecule has 1 atom stereocenters. The van der Waals surface area contributed by atoms with Crippen LogP contribution >= 0.6 is 0 Å². The van der Waals surface area contributed by atoms with Gasteiger partial charge in [-0.25, -0.2) is 18.2 Å². The van der Waals surface area contributed by atoms with E-state index in [9.17, 15) is 18.0 Å². The molecule has 0 N–H and O–H groups in total. The second-order valence-corrected chi connectivity index (χ2v) is 7.86. The molecule has 0 spiro atoms. The molecule has 3 rings (SSSR count). The number of hydrogen-bond acceptors (Lipinski definition) is 9. The molecule has 0 radical (unpaired) electrons. The lowest BCUT2D eigenvalue weighted by Gasteiger charge is -2.27. The summed E-state index contributed by atoms with van der Waals surface area (Å²) in [5.41, 5.74) is 0.0788. The molecule has 2 aliphatic heterocycles. The predicted molar refractivity (Wildman–Crippen MR) is 79.4 cm³/mol. The van der Waals surface area contributed by atoms with E-state index in [4.69, 9.17) is 9.15 Å². The lowest BCUT2D eigenvalue weighted by Crippen LogP contribution is -2.42. The Morgan fingerprint density at radius 3 is 2.79 bits per heavy atom. The Morgan fingerprint density at radius 2 is 2.17 bits per heavy atom. The molecule has 2 aliphatic rings. The molecule has 0 saturated carbocycles. The largest absolute Gasteiger partial charge is 0.451 e. The molecule has 1 aromatic heterocycles. The van der Waals surface area contributed by atoms with Crippen LogP contribution in [0.5, 0.6) is 0 Å². The minimum atomic E-state index is -3.16. The third kappa shape index (κ3) is 3.61. The van der Waals surface area contributed by atoms with Crippen molar-refractivity contribution in [3.05, 3.63) is 11.8 Å². The van der Waals surface area contributed by atoms with Crippen LogP contribution in [0, 0.1) is 6.92 Å². The molecule has 1 aromatic rings. The van der Waals surface area contributed by atoms with E-state index in [1.807, 2.05) is 0 Å². The van der Waals surface area contributed by atoms with Crippen molar-refractivity contribution in [2.24, 2.45) is 5.10 Å². The minimum absolute atomic E-state index is 0.0211. The quantitative estimate of drug-likeness (QED) is 0.665. The molecule has 11 heteroatoms. The number of aryl methyl sites for hydroxylation is 1. The summed E-state index contributed by atoms with van der Waals surface area (Å²) in [6.07, 6.45) is 0.557. The third-order valence-corrected chi connectivity index (χ3v) is 5.49. The van der Waals surface area contributed by atoms with Crippen LogP contribution in [0.1, 0.15) is 31.0 Å². The Balaban J connectivity index is 1.67. The van der Waals surface area contributed by atoms with E-state index in [1.54, 1.807) is 6.92 Å². The number of ether oxygens (including phenoxy) is 1. The van der Waals surface area contributed by atoms with Crippen LogP contribution < -0.4 is 0 Å². The van der Waals surface area contributed by atoms with Crippen molar-refractivity contribution in [1.82, 2.24) is 15.2 Å². The van der Waals surface area contributed by atoms with Crippen LogP contribution in [-0.2, 0) is 30.8 Å². The molecule has 1 fully saturated rings. The van der Waals surface area contributed by atoms with Gasteiger partial charge in [0, 0.05) is 19.8 Å². The van der Waals surface area contributed by atoms with Gasteiger partial charge in [0.25, 0.3) is 5.89 Å². The fourth-order valence-corrected chi connectivity index (χ4v) is 4.27. The van der Waals surface area contributed by atoms with Crippen molar-refractivity contribution in [1.29, 1.82) is 0 Å². The second kappa shape index (κ2) is 6.30. The summed E-state index contributed by atoms with van der Waals surface area (Å²) < 4.78 is 33.3. The van der Waals surface area contributed by atoms with E-state index in [-0.39, 0.29) is 48.5 Å². The van der Waals surface area contributed by atoms with Crippen molar-refractivity contribution in [2.75, 3.05) is 11.5 Å². The Bertz CT molecular complexity index is 799. The zero-order valence-electron chi connectivity index (χ0n) is 13.0. The summed E-state index contributed by atoms with van der Waals surface area (Å²) in [6.45, 7) is 1.42. The summed E-state index contributed by atoms with van der Waals surface area (Å²) in [5, 5.41) is 12.5. The number of sulfone groups is 1. The van der Waals surface area contributed by atoms with Crippen LogP contribution in [0.4, 0.5) is 0 Å². The van der Waals surface area contributed by atoms with Crippen LogP contribution in [0.3, 0.4) is 0 Å². The molecule has 1 saturated heterocycles. The number of hydrazone groups is 1. The van der Waals surface area contributed by atoms with E-state index in [2.05, 4.69) is 15.3 Å². The molecule has 24 heavy (non-hydrogen) atoms. The fourth-order valence-electron chi connectivity index (χ4n) is 2.58. The fraction of sp³-hybridized carbons (Fsp3) is 0.615. The van der Waals surface area contributed by atoms with Gasteiger partial charge in [0.1, 0.15) is 5.71 Å². The van der Waals surface area contributed by atoms with Crippen molar-refractivity contribution >= 4 is 27.4 Å². The Hall–Kier alpha value is -2.30. The molecular weight excluding hydrogens is 340 g/mol. The summed E-state index contributed by atoms with van der Waals surface area (Å²) in [6, 6.07) is -0.524. The Labute approximate surface area is 137 Å². The SMILES string of the molecule is Cc1nnc(COC(=O)C2=NN(C3CCS(=O)(=O)C3)C(=O)CC2)o1. The number of carbonyl (C=O) groups is 2. The molecule has 10 nitrogen and oxygen atoms in total. The highest BCUT2D eigenvalue weighted by Crippen LogP contribution is 2.22. The predicted octanol–water partition coefficient (Wildman–Crippen LogP) is -0.413. The van der Waals surface area contributed by atoms with Gasteiger partial charge >= 0.3 is 5.97 Å². The number of nitrogens with zero attached hydrogens (tertiary/aromatic N) is 4. The molecule has 0 aliphatic carbocycles. The maximum Gasteiger partial charge on any atom is 0.355 e. The normalized spacial score (nSPS) is 23.2. The number of hydrogen-bond donors (Lipinski definition) is 0. The zero-order valence-corrected chi connectivity index (χ0v) is 13.8. The summed E-state index contributed by atoms with van der Waals surface area (Å²) in [5.74, 6) is -0.577. The van der Waals surface area contributed by atoms with Gasteiger partial charge < -0.3 is 9.15 Å². The van der Waals surface area contributed by atoms with Crippen LogP contribution in [-0.4, -0.2) is 58.8 Å². The first-order valence-corrected chi connectivity index (χ1v) is 9.22. The first kappa shape index (κ1) is 16.6. The third-order valence-electron chi connectivity index (χ3n) is 3.74. The molecule has 0 bridgehead atoms. The van der Waals surface area contributed by atoms with Crippen molar-refractivity contribution < 1.29 is 27.2 Å². The first-order valence-electron chi connectivity index (χ1n) is 7.40. The maximum absolute atomic E-state index is 12.1. The molecule has 1 unspecified atom stereocenters. The molecular formula is C13H16N4O6S. The van der Waals surface area contributed by atoms with Gasteiger partial charge in [0.2, 0.25) is 11.8 Å². The highest BCUT2D eigenvalue weighted by atomic mass is 32.2. The van der Waals surface area contributed by atoms with E-state index in [1.165, 1.54) is 0 Å². The molecule has 1 amide bonds. The van der Waals surface area contributed by atoms with Crippen LogP contribution in [0.2, 0.25) is 0 Å². The monoisotopic (exact) mass is 356 g/mol. The molecule has 3 heterocycles. The van der Waals surface area contributed by atoms with Gasteiger partial charge in [0.05, 0.1) is 17.5 Å².